The number of rotatable bonds is 13. The average molecular weight is 456 g/mol. The van der Waals surface area contributed by atoms with Crippen molar-refractivity contribution >= 4 is 35.6 Å². The normalized spacial score (nSPS) is 14.5. The van der Waals surface area contributed by atoms with Gasteiger partial charge in [0, 0.05) is 25.7 Å². The zero-order valence-electron chi connectivity index (χ0n) is 19.0. The van der Waals surface area contributed by atoms with Gasteiger partial charge in [0.25, 0.3) is 11.8 Å². The Balaban J connectivity index is 2.56. The van der Waals surface area contributed by atoms with Crippen molar-refractivity contribution in [3.05, 3.63) is 0 Å². The van der Waals surface area contributed by atoms with Crippen LogP contribution in [0.3, 0.4) is 0 Å². The van der Waals surface area contributed by atoms with Crippen LogP contribution in [0, 0.1) is 11.8 Å². The molecular weight excluding hydrogens is 424 g/mol. The van der Waals surface area contributed by atoms with Gasteiger partial charge in [0.2, 0.25) is 5.91 Å². The zero-order chi connectivity index (χ0) is 24.3. The van der Waals surface area contributed by atoms with Crippen LogP contribution >= 0.6 is 0 Å². The van der Waals surface area contributed by atoms with Crippen molar-refractivity contribution in [3.63, 3.8) is 0 Å². The molecule has 1 rings (SSSR count). The fourth-order valence-electron chi connectivity index (χ4n) is 2.48. The highest BCUT2D eigenvalue weighted by atomic mass is 16.7. The second-order valence-corrected chi connectivity index (χ2v) is 8.30. The largest absolute Gasteiger partial charge is 0.465 e. The lowest BCUT2D eigenvalue weighted by Crippen LogP contribution is -2.42. The van der Waals surface area contributed by atoms with Crippen LogP contribution in [0.5, 0.6) is 0 Å². The Morgan fingerprint density at radius 3 is 1.97 bits per heavy atom. The molecule has 0 aromatic heterocycles. The third-order valence-electron chi connectivity index (χ3n) is 4.15. The van der Waals surface area contributed by atoms with Gasteiger partial charge in [-0.2, -0.15) is 0 Å². The maximum absolute atomic E-state index is 12.3. The lowest BCUT2D eigenvalue weighted by molar-refractivity contribution is -0.197. The maximum Gasteiger partial charge on any atom is 0.333 e. The molecule has 32 heavy (non-hydrogen) atoms. The molecule has 0 aromatic rings. The molecule has 0 unspecified atom stereocenters. The molecule has 0 aliphatic carbocycles. The van der Waals surface area contributed by atoms with Gasteiger partial charge in [-0.25, -0.2) is 9.59 Å². The Labute approximate surface area is 187 Å². The SMILES string of the molecule is CC(C)COC(=O)CC[C@H](NC(=O)CCC(=O)ON1C(=O)CCC1=O)C(=O)OCC(C)C. The van der Waals surface area contributed by atoms with Crippen molar-refractivity contribution in [2.45, 2.75) is 72.3 Å². The highest BCUT2D eigenvalue weighted by molar-refractivity contribution is 6.01. The van der Waals surface area contributed by atoms with E-state index in [1.54, 1.807) is 0 Å². The summed E-state index contributed by atoms with van der Waals surface area (Å²) < 4.78 is 10.2. The van der Waals surface area contributed by atoms with Crippen molar-refractivity contribution in [1.29, 1.82) is 0 Å². The Morgan fingerprint density at radius 2 is 1.41 bits per heavy atom. The van der Waals surface area contributed by atoms with Gasteiger partial charge in [-0.1, -0.05) is 27.7 Å². The van der Waals surface area contributed by atoms with Crippen LogP contribution in [-0.2, 0) is 43.1 Å². The third-order valence-corrected chi connectivity index (χ3v) is 4.15. The summed E-state index contributed by atoms with van der Waals surface area (Å²) in [6.45, 7) is 7.88. The van der Waals surface area contributed by atoms with Gasteiger partial charge in [-0.15, -0.1) is 5.06 Å². The summed E-state index contributed by atoms with van der Waals surface area (Å²) in [4.78, 5) is 75.9. The molecule has 11 heteroatoms. The number of nitrogens with zero attached hydrogens (tertiary/aromatic N) is 1. The molecule has 0 bridgehead atoms. The van der Waals surface area contributed by atoms with Gasteiger partial charge in [-0.3, -0.25) is 19.2 Å². The number of hydrogen-bond acceptors (Lipinski definition) is 9. The monoisotopic (exact) mass is 456 g/mol. The number of nitrogens with one attached hydrogen (secondary N) is 1. The molecular formula is C21H32N2O9. The number of amides is 3. The van der Waals surface area contributed by atoms with Crippen LogP contribution in [0.2, 0.25) is 0 Å². The highest BCUT2D eigenvalue weighted by Crippen LogP contribution is 2.13. The third kappa shape index (κ3) is 10.4. The summed E-state index contributed by atoms with van der Waals surface area (Å²) in [6.07, 6.45) is -0.955. The van der Waals surface area contributed by atoms with Crippen molar-refractivity contribution < 1.29 is 43.1 Å². The Morgan fingerprint density at radius 1 is 0.844 bits per heavy atom. The van der Waals surface area contributed by atoms with Crippen LogP contribution in [0.15, 0.2) is 0 Å². The van der Waals surface area contributed by atoms with Crippen LogP contribution in [0.25, 0.3) is 0 Å². The van der Waals surface area contributed by atoms with E-state index in [-0.39, 0.29) is 57.2 Å². The Hall–Kier alpha value is -2.98. The van der Waals surface area contributed by atoms with E-state index in [1.807, 2.05) is 27.7 Å². The van der Waals surface area contributed by atoms with Crippen LogP contribution in [0.4, 0.5) is 0 Å². The minimum Gasteiger partial charge on any atom is -0.465 e. The molecule has 0 saturated carbocycles. The Kier molecular flexibility index (Phi) is 11.4. The molecule has 11 nitrogen and oxygen atoms in total. The predicted molar refractivity (Wildman–Crippen MR) is 109 cm³/mol. The second-order valence-electron chi connectivity index (χ2n) is 8.30. The topological polar surface area (TPSA) is 145 Å². The predicted octanol–water partition coefficient (Wildman–Crippen LogP) is 1.04. The molecule has 1 heterocycles. The van der Waals surface area contributed by atoms with Gasteiger partial charge >= 0.3 is 17.9 Å². The highest BCUT2D eigenvalue weighted by Gasteiger charge is 2.33. The van der Waals surface area contributed by atoms with Gasteiger partial charge in [0.15, 0.2) is 0 Å². The molecule has 0 spiro atoms. The number of hydrogen-bond donors (Lipinski definition) is 1. The van der Waals surface area contributed by atoms with E-state index in [4.69, 9.17) is 14.3 Å². The lowest BCUT2D eigenvalue weighted by Gasteiger charge is -2.18. The fourth-order valence-corrected chi connectivity index (χ4v) is 2.48. The Bertz CT molecular complexity index is 702. The quantitative estimate of drug-likeness (QED) is 0.317. The number of ether oxygens (including phenoxy) is 2. The van der Waals surface area contributed by atoms with Gasteiger partial charge in [0.1, 0.15) is 6.04 Å². The van der Waals surface area contributed by atoms with Crippen molar-refractivity contribution in [2.24, 2.45) is 11.8 Å². The van der Waals surface area contributed by atoms with Crippen molar-refractivity contribution in [3.8, 4) is 0 Å². The molecule has 1 saturated heterocycles. The van der Waals surface area contributed by atoms with E-state index in [1.165, 1.54) is 0 Å². The molecule has 1 atom stereocenters. The average Bonchev–Trinajstić information content (AvgIpc) is 3.03. The summed E-state index contributed by atoms with van der Waals surface area (Å²) in [7, 11) is 0. The van der Waals surface area contributed by atoms with E-state index >= 15 is 0 Å². The first-order valence-corrected chi connectivity index (χ1v) is 10.7. The summed E-state index contributed by atoms with van der Waals surface area (Å²) in [5.74, 6) is -3.77. The van der Waals surface area contributed by atoms with E-state index in [0.29, 0.717) is 5.06 Å². The zero-order valence-corrected chi connectivity index (χ0v) is 19.0. The first-order chi connectivity index (χ1) is 15.0. The minimum atomic E-state index is -1.09. The van der Waals surface area contributed by atoms with Crippen molar-refractivity contribution in [1.82, 2.24) is 10.4 Å². The minimum absolute atomic E-state index is 0.0270. The molecule has 1 aliphatic heterocycles. The molecule has 1 N–H and O–H groups in total. The fraction of sp³-hybridized carbons (Fsp3) is 0.714. The number of imide groups is 1. The van der Waals surface area contributed by atoms with E-state index in [9.17, 15) is 28.8 Å². The van der Waals surface area contributed by atoms with Crippen LogP contribution < -0.4 is 5.32 Å². The molecule has 3 amide bonds. The number of hydroxylamine groups is 2. The second kappa shape index (κ2) is 13.4. The standard InChI is InChI=1S/C21H32N2O9/c1-13(2)11-30-19(27)9-5-15(21(29)31-12-14(3)4)22-16(24)6-10-20(28)32-23-17(25)7-8-18(23)26/h13-15H,5-12H2,1-4H3,(H,22,24)/t15-/m0/s1. The smallest absolute Gasteiger partial charge is 0.333 e. The van der Waals surface area contributed by atoms with E-state index < -0.39 is 48.1 Å². The summed E-state index contributed by atoms with van der Waals surface area (Å²) in [5, 5.41) is 2.85. The molecule has 0 radical (unpaired) electrons. The summed E-state index contributed by atoms with van der Waals surface area (Å²) in [5.41, 5.74) is 0. The molecule has 180 valence electrons. The summed E-state index contributed by atoms with van der Waals surface area (Å²) in [6, 6.07) is -1.09. The lowest BCUT2D eigenvalue weighted by atomic mass is 10.1. The number of carbonyl (C=O) groups excluding carboxylic acids is 6. The van der Waals surface area contributed by atoms with Crippen LogP contribution in [-0.4, -0.2) is 59.9 Å². The molecule has 0 aromatic carbocycles. The first kappa shape index (κ1) is 27.1. The number of carbonyl (C=O) groups is 6. The van der Waals surface area contributed by atoms with Gasteiger partial charge < -0.3 is 19.6 Å². The van der Waals surface area contributed by atoms with Gasteiger partial charge in [0.05, 0.1) is 19.6 Å². The van der Waals surface area contributed by atoms with Crippen LogP contribution in [0.1, 0.15) is 66.2 Å². The number of esters is 2. The van der Waals surface area contributed by atoms with E-state index in [2.05, 4.69) is 5.32 Å². The molecule has 1 aliphatic rings. The van der Waals surface area contributed by atoms with E-state index in [0.717, 1.165) is 0 Å². The molecule has 1 fully saturated rings. The van der Waals surface area contributed by atoms with Crippen molar-refractivity contribution in [2.75, 3.05) is 13.2 Å². The maximum atomic E-state index is 12.3. The summed E-state index contributed by atoms with van der Waals surface area (Å²) >= 11 is 0. The first-order valence-electron chi connectivity index (χ1n) is 10.7. The van der Waals surface area contributed by atoms with Gasteiger partial charge in [-0.05, 0) is 18.3 Å².